The number of aliphatic hydroxyl groups excluding tert-OH is 1. The molecule has 5 heteroatoms. The van der Waals surface area contributed by atoms with Crippen LogP contribution in [-0.4, -0.2) is 36.7 Å². The Bertz CT molecular complexity index is 212. The molecule has 0 amide bonds. The SMILES string of the molecule is CP(=O)(CCO)CCC(N)C#N. The maximum absolute atomic E-state index is 11.5. The van der Waals surface area contributed by atoms with Crippen LogP contribution in [0.1, 0.15) is 6.42 Å². The van der Waals surface area contributed by atoms with Gasteiger partial charge in [0.15, 0.2) is 0 Å². The van der Waals surface area contributed by atoms with Crippen LogP contribution in [0.2, 0.25) is 0 Å². The molecule has 0 bridgehead atoms. The smallest absolute Gasteiger partial charge is 0.0932 e. The molecule has 12 heavy (non-hydrogen) atoms. The highest BCUT2D eigenvalue weighted by Gasteiger charge is 2.15. The molecular formula is C7H15N2O2P. The highest BCUT2D eigenvalue weighted by Crippen LogP contribution is 2.40. The molecule has 70 valence electrons. The highest BCUT2D eigenvalue weighted by molar-refractivity contribution is 7.63. The van der Waals surface area contributed by atoms with Gasteiger partial charge < -0.3 is 15.4 Å². The molecule has 0 fully saturated rings. The summed E-state index contributed by atoms with van der Waals surface area (Å²) in [7, 11) is -2.24. The molecule has 0 radical (unpaired) electrons. The van der Waals surface area contributed by atoms with Crippen molar-refractivity contribution in [2.45, 2.75) is 12.5 Å². The Morgan fingerprint density at radius 2 is 2.25 bits per heavy atom. The number of hydrogen-bond donors (Lipinski definition) is 2. The van der Waals surface area contributed by atoms with E-state index in [0.717, 1.165) is 0 Å². The van der Waals surface area contributed by atoms with Gasteiger partial charge in [-0.05, 0) is 13.1 Å². The van der Waals surface area contributed by atoms with Gasteiger partial charge in [0, 0.05) is 18.9 Å². The van der Waals surface area contributed by atoms with Gasteiger partial charge in [-0.1, -0.05) is 0 Å². The first-order chi connectivity index (χ1) is 5.52. The zero-order valence-electron chi connectivity index (χ0n) is 7.23. The average Bonchev–Trinajstić information content (AvgIpc) is 2.00. The van der Waals surface area contributed by atoms with Crippen molar-refractivity contribution in [3.63, 3.8) is 0 Å². The van der Waals surface area contributed by atoms with Crippen LogP contribution < -0.4 is 5.73 Å². The minimum atomic E-state index is -2.24. The summed E-state index contributed by atoms with van der Waals surface area (Å²) >= 11 is 0. The van der Waals surface area contributed by atoms with Crippen LogP contribution in [0.3, 0.4) is 0 Å². The normalized spacial score (nSPS) is 17.8. The van der Waals surface area contributed by atoms with E-state index in [0.29, 0.717) is 18.7 Å². The van der Waals surface area contributed by atoms with Gasteiger partial charge in [-0.2, -0.15) is 5.26 Å². The summed E-state index contributed by atoms with van der Waals surface area (Å²) < 4.78 is 11.5. The Balaban J connectivity index is 3.77. The molecule has 0 aromatic carbocycles. The minimum absolute atomic E-state index is 0.0600. The Morgan fingerprint density at radius 1 is 1.67 bits per heavy atom. The number of nitriles is 1. The zero-order valence-corrected chi connectivity index (χ0v) is 8.13. The quantitative estimate of drug-likeness (QED) is 0.607. The molecule has 0 aromatic rings. The molecule has 0 aliphatic carbocycles. The van der Waals surface area contributed by atoms with E-state index in [1.54, 1.807) is 6.66 Å². The predicted octanol–water partition coefficient (Wildman–Crippen LogP) is 0.213. The Hall–Kier alpha value is -0.360. The molecule has 2 atom stereocenters. The summed E-state index contributed by atoms with van der Waals surface area (Å²) in [5.41, 5.74) is 5.33. The lowest BCUT2D eigenvalue weighted by atomic mass is 10.3. The van der Waals surface area contributed by atoms with E-state index in [4.69, 9.17) is 16.1 Å². The van der Waals surface area contributed by atoms with Gasteiger partial charge in [0.25, 0.3) is 0 Å². The first-order valence-electron chi connectivity index (χ1n) is 3.83. The van der Waals surface area contributed by atoms with Gasteiger partial charge in [0.1, 0.15) is 0 Å². The van der Waals surface area contributed by atoms with E-state index in [9.17, 15) is 4.57 Å². The first-order valence-corrected chi connectivity index (χ1v) is 6.36. The zero-order chi connectivity index (χ0) is 9.61. The summed E-state index contributed by atoms with van der Waals surface area (Å²) in [5.74, 6) is 0. The average molecular weight is 190 g/mol. The minimum Gasteiger partial charge on any atom is -0.396 e. The van der Waals surface area contributed by atoms with E-state index in [1.165, 1.54) is 0 Å². The fraction of sp³-hybridized carbons (Fsp3) is 0.857. The van der Waals surface area contributed by atoms with Crippen molar-refractivity contribution in [3.05, 3.63) is 0 Å². The summed E-state index contributed by atoms with van der Waals surface area (Å²) in [4.78, 5) is 0. The first kappa shape index (κ1) is 11.6. The molecule has 0 aromatic heterocycles. The lowest BCUT2D eigenvalue weighted by Gasteiger charge is -2.11. The predicted molar refractivity (Wildman–Crippen MR) is 48.6 cm³/mol. The van der Waals surface area contributed by atoms with Gasteiger partial charge in [0.2, 0.25) is 0 Å². The largest absolute Gasteiger partial charge is 0.396 e. The third-order valence-electron chi connectivity index (χ3n) is 1.65. The van der Waals surface area contributed by atoms with Gasteiger partial charge in [0.05, 0.1) is 19.3 Å². The number of nitrogens with two attached hydrogens (primary N) is 1. The van der Waals surface area contributed by atoms with E-state index < -0.39 is 13.2 Å². The third-order valence-corrected chi connectivity index (χ3v) is 4.00. The Labute approximate surface area is 72.7 Å². The van der Waals surface area contributed by atoms with Crippen molar-refractivity contribution in [2.24, 2.45) is 5.73 Å². The monoisotopic (exact) mass is 190 g/mol. The molecule has 0 heterocycles. The van der Waals surface area contributed by atoms with E-state index >= 15 is 0 Å². The summed E-state index contributed by atoms with van der Waals surface area (Å²) in [6.45, 7) is 1.57. The van der Waals surface area contributed by atoms with Crippen LogP contribution in [0, 0.1) is 11.3 Å². The molecule has 0 rings (SSSR count). The van der Waals surface area contributed by atoms with Crippen molar-refractivity contribution in [2.75, 3.05) is 25.6 Å². The van der Waals surface area contributed by atoms with E-state index in [-0.39, 0.29) is 6.61 Å². The Kier molecular flexibility index (Phi) is 5.16. The molecule has 0 saturated heterocycles. The molecule has 3 N–H and O–H groups in total. The number of aliphatic hydroxyl groups is 1. The van der Waals surface area contributed by atoms with Crippen LogP contribution in [-0.2, 0) is 4.57 Å². The second-order valence-electron chi connectivity index (χ2n) is 2.99. The Morgan fingerprint density at radius 3 is 2.67 bits per heavy atom. The van der Waals surface area contributed by atoms with Crippen LogP contribution in [0.25, 0.3) is 0 Å². The van der Waals surface area contributed by atoms with E-state index in [1.807, 2.05) is 6.07 Å². The summed E-state index contributed by atoms with van der Waals surface area (Å²) in [6, 6.07) is 1.34. The highest BCUT2D eigenvalue weighted by atomic mass is 31.2. The van der Waals surface area contributed by atoms with Gasteiger partial charge in [-0.25, -0.2) is 0 Å². The number of rotatable bonds is 5. The second-order valence-corrected chi connectivity index (χ2v) is 6.48. The van der Waals surface area contributed by atoms with Crippen molar-refractivity contribution in [1.29, 1.82) is 5.26 Å². The van der Waals surface area contributed by atoms with Crippen molar-refractivity contribution < 1.29 is 9.67 Å². The molecule has 0 aliphatic heterocycles. The number of hydrogen-bond acceptors (Lipinski definition) is 4. The fourth-order valence-corrected chi connectivity index (χ4v) is 2.27. The maximum atomic E-state index is 11.5. The summed E-state index contributed by atoms with van der Waals surface area (Å²) in [6.07, 6.45) is 1.22. The third kappa shape index (κ3) is 5.31. The van der Waals surface area contributed by atoms with Crippen LogP contribution in [0.5, 0.6) is 0 Å². The maximum Gasteiger partial charge on any atom is 0.0932 e. The number of nitrogens with zero attached hydrogens (tertiary/aromatic N) is 1. The van der Waals surface area contributed by atoms with E-state index in [2.05, 4.69) is 0 Å². The molecule has 4 nitrogen and oxygen atoms in total. The van der Waals surface area contributed by atoms with Crippen LogP contribution >= 0.6 is 7.14 Å². The molecular weight excluding hydrogens is 175 g/mol. The van der Waals surface area contributed by atoms with Crippen molar-refractivity contribution in [1.82, 2.24) is 0 Å². The van der Waals surface area contributed by atoms with Crippen molar-refractivity contribution >= 4 is 7.14 Å². The van der Waals surface area contributed by atoms with Crippen LogP contribution in [0.15, 0.2) is 0 Å². The van der Waals surface area contributed by atoms with Crippen LogP contribution in [0.4, 0.5) is 0 Å². The lowest BCUT2D eigenvalue weighted by Crippen LogP contribution is -2.19. The molecule has 0 saturated carbocycles. The topological polar surface area (TPSA) is 87.1 Å². The van der Waals surface area contributed by atoms with Gasteiger partial charge in [-0.3, -0.25) is 0 Å². The lowest BCUT2D eigenvalue weighted by molar-refractivity contribution is 0.319. The second kappa shape index (κ2) is 5.31. The van der Waals surface area contributed by atoms with Gasteiger partial charge in [-0.15, -0.1) is 0 Å². The summed E-state index contributed by atoms with van der Waals surface area (Å²) in [5, 5.41) is 16.9. The molecule has 0 aliphatic rings. The van der Waals surface area contributed by atoms with Gasteiger partial charge >= 0.3 is 0 Å². The van der Waals surface area contributed by atoms with Crippen molar-refractivity contribution in [3.8, 4) is 6.07 Å². The standard InChI is InChI=1S/C7H15N2O2P/c1-12(11,5-3-10)4-2-7(9)6-8/h7,10H,2-5,9H2,1H3. The fourth-order valence-electron chi connectivity index (χ4n) is 0.800. The molecule has 2 unspecified atom stereocenters. The molecule has 0 spiro atoms.